The molecule has 13 heavy (non-hydrogen) atoms. The highest BCUT2D eigenvalue weighted by Crippen LogP contribution is 2.27. The second-order valence-electron chi connectivity index (χ2n) is 3.85. The average molecular weight is 178 g/mol. The van der Waals surface area contributed by atoms with Crippen molar-refractivity contribution < 1.29 is 0 Å². The number of aromatic nitrogens is 1. The minimum atomic E-state index is 0.569. The molecule has 0 spiro atoms. The van der Waals surface area contributed by atoms with Gasteiger partial charge in [0, 0.05) is 30.4 Å². The van der Waals surface area contributed by atoms with Gasteiger partial charge in [-0.25, -0.2) is 0 Å². The molecule has 1 aromatic heterocycles. The maximum absolute atomic E-state index is 3.68. The Hall–Kier alpha value is -0.760. The second kappa shape index (κ2) is 3.54. The van der Waals surface area contributed by atoms with E-state index in [9.17, 15) is 0 Å². The fraction of sp³-hybridized carbons (Fsp3) is 0.636. The second-order valence-corrected chi connectivity index (χ2v) is 3.85. The first-order chi connectivity index (χ1) is 6.35. The number of aromatic amines is 1. The van der Waals surface area contributed by atoms with Crippen LogP contribution in [0.15, 0.2) is 12.3 Å². The third kappa shape index (κ3) is 1.51. The van der Waals surface area contributed by atoms with E-state index in [1.165, 1.54) is 24.1 Å². The molecule has 0 aromatic carbocycles. The van der Waals surface area contributed by atoms with Crippen molar-refractivity contribution in [2.24, 2.45) is 0 Å². The summed E-state index contributed by atoms with van der Waals surface area (Å²) < 4.78 is 0. The van der Waals surface area contributed by atoms with Gasteiger partial charge in [-0.1, -0.05) is 13.8 Å². The summed E-state index contributed by atoms with van der Waals surface area (Å²) in [7, 11) is 0. The molecule has 0 unspecified atom stereocenters. The highest BCUT2D eigenvalue weighted by molar-refractivity contribution is 5.28. The van der Waals surface area contributed by atoms with Crippen molar-refractivity contribution in [2.75, 3.05) is 0 Å². The summed E-state index contributed by atoms with van der Waals surface area (Å²) in [6.07, 6.45) is 5.62. The smallest absolute Gasteiger partial charge is 0.0337 e. The van der Waals surface area contributed by atoms with Crippen LogP contribution in [0.3, 0.4) is 0 Å². The van der Waals surface area contributed by atoms with Crippen LogP contribution < -0.4 is 5.32 Å². The summed E-state index contributed by atoms with van der Waals surface area (Å²) in [4.78, 5) is 3.35. The largest absolute Gasteiger partial charge is 0.365 e. The van der Waals surface area contributed by atoms with Crippen molar-refractivity contribution in [1.82, 2.24) is 10.3 Å². The normalized spacial score (nSPS) is 27.2. The third-order valence-electron chi connectivity index (χ3n) is 3.03. The topological polar surface area (TPSA) is 27.8 Å². The number of hydrogen-bond acceptors (Lipinski definition) is 1. The first-order valence-electron chi connectivity index (χ1n) is 5.27. The summed E-state index contributed by atoms with van der Waals surface area (Å²) in [5.74, 6) is 0. The molecule has 0 aliphatic carbocycles. The van der Waals surface area contributed by atoms with Gasteiger partial charge in [-0.05, 0) is 24.5 Å². The Morgan fingerprint density at radius 3 is 2.92 bits per heavy atom. The molecule has 0 saturated heterocycles. The van der Waals surface area contributed by atoms with Crippen molar-refractivity contribution in [3.05, 3.63) is 23.5 Å². The van der Waals surface area contributed by atoms with Gasteiger partial charge in [0.1, 0.15) is 0 Å². The Balaban J connectivity index is 2.25. The van der Waals surface area contributed by atoms with Crippen molar-refractivity contribution in [2.45, 2.75) is 45.2 Å². The molecule has 2 N–H and O–H groups in total. The van der Waals surface area contributed by atoms with Gasteiger partial charge in [0.25, 0.3) is 0 Å². The van der Waals surface area contributed by atoms with Crippen molar-refractivity contribution in [1.29, 1.82) is 0 Å². The van der Waals surface area contributed by atoms with Gasteiger partial charge in [0.2, 0.25) is 0 Å². The van der Waals surface area contributed by atoms with E-state index >= 15 is 0 Å². The SMILES string of the molecule is CC[C@@H]1Cc2[nH]ccc2[C@@H](CC)N1. The van der Waals surface area contributed by atoms with Crippen molar-refractivity contribution >= 4 is 0 Å². The first kappa shape index (κ1) is 8.82. The molecule has 1 aliphatic rings. The lowest BCUT2D eigenvalue weighted by molar-refractivity contribution is 0.384. The molecule has 2 nitrogen and oxygen atoms in total. The van der Waals surface area contributed by atoms with Crippen LogP contribution in [-0.2, 0) is 6.42 Å². The zero-order valence-corrected chi connectivity index (χ0v) is 8.43. The number of hydrogen-bond donors (Lipinski definition) is 2. The molecule has 0 fully saturated rings. The van der Waals surface area contributed by atoms with Gasteiger partial charge < -0.3 is 10.3 Å². The minimum absolute atomic E-state index is 0.569. The molecule has 2 heterocycles. The summed E-state index contributed by atoms with van der Waals surface area (Å²) in [5, 5.41) is 3.68. The molecular weight excluding hydrogens is 160 g/mol. The Bertz CT molecular complexity index is 277. The van der Waals surface area contributed by atoms with Crippen LogP contribution in [0, 0.1) is 0 Å². The molecule has 2 heteroatoms. The monoisotopic (exact) mass is 178 g/mol. The zero-order chi connectivity index (χ0) is 9.26. The van der Waals surface area contributed by atoms with Gasteiger partial charge >= 0.3 is 0 Å². The highest BCUT2D eigenvalue weighted by atomic mass is 15.0. The molecule has 0 amide bonds. The van der Waals surface area contributed by atoms with Crippen molar-refractivity contribution in [3.63, 3.8) is 0 Å². The molecule has 1 aromatic rings. The number of nitrogens with one attached hydrogen (secondary N) is 2. The summed E-state index contributed by atoms with van der Waals surface area (Å²) in [5.41, 5.74) is 2.92. The summed E-state index contributed by atoms with van der Waals surface area (Å²) >= 11 is 0. The Kier molecular flexibility index (Phi) is 2.40. The zero-order valence-electron chi connectivity index (χ0n) is 8.43. The van der Waals surface area contributed by atoms with Crippen molar-refractivity contribution in [3.8, 4) is 0 Å². The maximum Gasteiger partial charge on any atom is 0.0337 e. The minimum Gasteiger partial charge on any atom is -0.365 e. The van der Waals surface area contributed by atoms with Crippen LogP contribution in [0.1, 0.15) is 44.0 Å². The average Bonchev–Trinajstić information content (AvgIpc) is 2.63. The molecular formula is C11H18N2. The molecule has 0 bridgehead atoms. The van der Waals surface area contributed by atoms with Crippen LogP contribution in [0.5, 0.6) is 0 Å². The lowest BCUT2D eigenvalue weighted by Gasteiger charge is -2.30. The summed E-state index contributed by atoms with van der Waals surface area (Å²) in [6, 6.07) is 3.44. The van der Waals surface area contributed by atoms with E-state index < -0.39 is 0 Å². The molecule has 2 rings (SSSR count). The third-order valence-corrected chi connectivity index (χ3v) is 3.03. The quantitative estimate of drug-likeness (QED) is 0.715. The van der Waals surface area contributed by atoms with Crippen LogP contribution >= 0.6 is 0 Å². The van der Waals surface area contributed by atoms with Crippen LogP contribution in [0.25, 0.3) is 0 Å². The molecule has 0 radical (unpaired) electrons. The van der Waals surface area contributed by atoms with Gasteiger partial charge in [-0.3, -0.25) is 0 Å². The van der Waals surface area contributed by atoms with Crippen LogP contribution in [0.2, 0.25) is 0 Å². The van der Waals surface area contributed by atoms with Gasteiger partial charge in [-0.15, -0.1) is 0 Å². The van der Waals surface area contributed by atoms with E-state index in [2.05, 4.69) is 36.4 Å². The lowest BCUT2D eigenvalue weighted by Crippen LogP contribution is -2.38. The van der Waals surface area contributed by atoms with Crippen LogP contribution in [0.4, 0.5) is 0 Å². The number of H-pyrrole nitrogens is 1. The van der Waals surface area contributed by atoms with E-state index in [0.29, 0.717) is 12.1 Å². The molecule has 2 atom stereocenters. The summed E-state index contributed by atoms with van der Waals surface area (Å²) in [6.45, 7) is 4.49. The van der Waals surface area contributed by atoms with Gasteiger partial charge in [0.15, 0.2) is 0 Å². The Morgan fingerprint density at radius 2 is 2.23 bits per heavy atom. The fourth-order valence-corrected chi connectivity index (χ4v) is 2.20. The van der Waals surface area contributed by atoms with Gasteiger partial charge in [0.05, 0.1) is 0 Å². The van der Waals surface area contributed by atoms with Gasteiger partial charge in [-0.2, -0.15) is 0 Å². The fourth-order valence-electron chi connectivity index (χ4n) is 2.20. The van der Waals surface area contributed by atoms with E-state index in [1.54, 1.807) is 0 Å². The molecule has 0 saturated carbocycles. The molecule has 1 aliphatic heterocycles. The maximum atomic E-state index is 3.68. The van der Waals surface area contributed by atoms with Crippen LogP contribution in [-0.4, -0.2) is 11.0 Å². The lowest BCUT2D eigenvalue weighted by atomic mass is 9.93. The van der Waals surface area contributed by atoms with E-state index in [4.69, 9.17) is 0 Å². The molecule has 72 valence electrons. The number of rotatable bonds is 2. The van der Waals surface area contributed by atoms with E-state index in [1.807, 2.05) is 0 Å². The predicted octanol–water partition coefficient (Wildman–Crippen LogP) is 2.39. The Labute approximate surface area is 79.7 Å². The Morgan fingerprint density at radius 1 is 1.38 bits per heavy atom. The predicted molar refractivity (Wildman–Crippen MR) is 54.7 cm³/mol. The standard InChI is InChI=1S/C11H18N2/c1-3-8-7-11-9(5-6-12-11)10(4-2)13-8/h5-6,8,10,12-13H,3-4,7H2,1-2H3/t8-,10-/m1/s1. The van der Waals surface area contributed by atoms with E-state index in [-0.39, 0.29) is 0 Å². The van der Waals surface area contributed by atoms with E-state index in [0.717, 1.165) is 6.42 Å². The number of fused-ring (bicyclic) bond motifs is 1. The highest BCUT2D eigenvalue weighted by Gasteiger charge is 2.24. The first-order valence-corrected chi connectivity index (χ1v) is 5.27.